The van der Waals surface area contributed by atoms with E-state index in [-0.39, 0.29) is 6.10 Å². The molecule has 0 bridgehead atoms. The Labute approximate surface area is 285 Å². The molecule has 47 heavy (non-hydrogen) atoms. The Hall–Kier alpha value is -3.17. The highest BCUT2D eigenvalue weighted by molar-refractivity contribution is 8.04. The number of hydrogen-bond donors (Lipinski definition) is 0. The van der Waals surface area contributed by atoms with Crippen molar-refractivity contribution in [2.45, 2.75) is 100 Å². The SMILES string of the molecule is C1=CCC(c2ccccc2)C(N(C2=CC3=C(CC2)CCC2C=CC4SC5=C(CCCC5)C4C32)C2CC=CC3=C2C2CCC=CC2O3)=C1. The molecule has 0 saturated heterocycles. The molecule has 9 aliphatic rings. The van der Waals surface area contributed by atoms with Crippen molar-refractivity contribution in [3.63, 3.8) is 0 Å². The minimum absolute atomic E-state index is 0.198. The second-order valence-corrected chi connectivity index (χ2v) is 16.6. The molecule has 2 nitrogen and oxygen atoms in total. The van der Waals surface area contributed by atoms with Gasteiger partial charge >= 0.3 is 0 Å². The summed E-state index contributed by atoms with van der Waals surface area (Å²) in [5.41, 5.74) is 11.4. The molecule has 0 spiro atoms. The Morgan fingerprint density at radius 3 is 2.72 bits per heavy atom. The molecule has 0 saturated carbocycles. The van der Waals surface area contributed by atoms with Crippen LogP contribution in [0.5, 0.6) is 0 Å². The Bertz CT molecular complexity index is 1740. The van der Waals surface area contributed by atoms with Crippen molar-refractivity contribution in [2.24, 2.45) is 23.7 Å². The van der Waals surface area contributed by atoms with E-state index < -0.39 is 0 Å². The summed E-state index contributed by atoms with van der Waals surface area (Å²) < 4.78 is 6.69. The van der Waals surface area contributed by atoms with Gasteiger partial charge < -0.3 is 9.64 Å². The van der Waals surface area contributed by atoms with Gasteiger partial charge in [-0.05, 0) is 129 Å². The number of benzene rings is 1. The number of hydrogen-bond acceptors (Lipinski definition) is 3. The summed E-state index contributed by atoms with van der Waals surface area (Å²) in [4.78, 5) is 4.64. The quantitative estimate of drug-likeness (QED) is 0.305. The third-order valence-corrected chi connectivity index (χ3v) is 14.4. The van der Waals surface area contributed by atoms with Gasteiger partial charge in [0.25, 0.3) is 0 Å². The molecule has 1 aromatic rings. The second-order valence-electron chi connectivity index (χ2n) is 15.3. The number of thioether (sulfide) groups is 1. The highest BCUT2D eigenvalue weighted by Crippen LogP contribution is 2.60. The normalized spacial score (nSPS) is 36.5. The lowest BCUT2D eigenvalue weighted by atomic mass is 9.61. The van der Waals surface area contributed by atoms with Gasteiger partial charge in [0.2, 0.25) is 0 Å². The molecule has 0 amide bonds. The summed E-state index contributed by atoms with van der Waals surface area (Å²) in [6.07, 6.45) is 39.7. The topological polar surface area (TPSA) is 12.5 Å². The van der Waals surface area contributed by atoms with Gasteiger partial charge in [0.05, 0.1) is 6.04 Å². The Balaban J connectivity index is 1.10. The van der Waals surface area contributed by atoms with Gasteiger partial charge in [0.1, 0.15) is 11.9 Å². The van der Waals surface area contributed by atoms with E-state index in [4.69, 9.17) is 4.74 Å². The van der Waals surface area contributed by atoms with Crippen molar-refractivity contribution >= 4 is 11.8 Å². The molecule has 0 aromatic heterocycles. The molecule has 10 rings (SSSR count). The van der Waals surface area contributed by atoms with E-state index in [1.807, 2.05) is 5.57 Å². The average Bonchev–Trinajstić information content (AvgIpc) is 3.71. The maximum absolute atomic E-state index is 6.69. The van der Waals surface area contributed by atoms with E-state index in [9.17, 15) is 0 Å². The van der Waals surface area contributed by atoms with Crippen LogP contribution in [0.25, 0.3) is 0 Å². The minimum atomic E-state index is 0.198. The van der Waals surface area contributed by atoms with E-state index in [1.54, 1.807) is 27.3 Å². The summed E-state index contributed by atoms with van der Waals surface area (Å²) in [5.74, 6) is 4.05. The van der Waals surface area contributed by atoms with Crippen molar-refractivity contribution in [1.82, 2.24) is 4.90 Å². The van der Waals surface area contributed by atoms with E-state index in [2.05, 4.69) is 108 Å². The zero-order valence-electron chi connectivity index (χ0n) is 27.5. The van der Waals surface area contributed by atoms with Crippen LogP contribution in [-0.4, -0.2) is 22.3 Å². The zero-order valence-corrected chi connectivity index (χ0v) is 28.3. The number of allylic oxidation sites excluding steroid dienone is 13. The Kier molecular flexibility index (Phi) is 7.21. The van der Waals surface area contributed by atoms with Crippen molar-refractivity contribution in [1.29, 1.82) is 0 Å². The molecular formula is C44H47NOS. The van der Waals surface area contributed by atoms with E-state index in [0.717, 1.165) is 31.4 Å². The van der Waals surface area contributed by atoms with Gasteiger partial charge in [-0.15, -0.1) is 11.8 Å². The Morgan fingerprint density at radius 1 is 0.830 bits per heavy atom. The van der Waals surface area contributed by atoms with Crippen LogP contribution < -0.4 is 0 Å². The Morgan fingerprint density at radius 2 is 1.77 bits per heavy atom. The van der Waals surface area contributed by atoms with Crippen molar-refractivity contribution < 1.29 is 4.74 Å². The van der Waals surface area contributed by atoms with Crippen molar-refractivity contribution in [3.05, 3.63) is 141 Å². The summed E-state index contributed by atoms with van der Waals surface area (Å²) in [7, 11) is 0. The van der Waals surface area contributed by atoms with Crippen LogP contribution in [0.3, 0.4) is 0 Å². The first-order chi connectivity index (χ1) is 23.3. The first-order valence-corrected chi connectivity index (χ1v) is 19.6. The highest BCUT2D eigenvalue weighted by atomic mass is 32.2. The van der Waals surface area contributed by atoms with Crippen LogP contribution in [0, 0.1) is 23.7 Å². The fourth-order valence-corrected chi connectivity index (χ4v) is 12.6. The predicted octanol–water partition coefficient (Wildman–Crippen LogP) is 11.0. The van der Waals surface area contributed by atoms with Crippen molar-refractivity contribution in [3.8, 4) is 0 Å². The van der Waals surface area contributed by atoms with Crippen LogP contribution in [0.15, 0.2) is 135 Å². The summed E-state index contributed by atoms with van der Waals surface area (Å²) in [6, 6.07) is 11.6. The van der Waals surface area contributed by atoms with Crippen LogP contribution in [0.1, 0.15) is 88.5 Å². The van der Waals surface area contributed by atoms with Gasteiger partial charge in [-0.25, -0.2) is 0 Å². The number of rotatable bonds is 4. The predicted molar refractivity (Wildman–Crippen MR) is 194 cm³/mol. The van der Waals surface area contributed by atoms with Gasteiger partial charge in [0, 0.05) is 40.0 Å². The largest absolute Gasteiger partial charge is 0.486 e. The number of ether oxygens (including phenoxy) is 1. The molecule has 240 valence electrons. The first-order valence-electron chi connectivity index (χ1n) is 18.8. The lowest BCUT2D eigenvalue weighted by Crippen LogP contribution is -2.42. The summed E-state index contributed by atoms with van der Waals surface area (Å²) >= 11 is 2.23. The average molecular weight is 638 g/mol. The standard InChI is InChI=1S/C44H47NOS/c1-2-11-28(12-3-1)32-13-4-7-16-36(32)45(37-17-10-19-39-43(37)33-14-5-8-18-38(33)46-39)31-25-23-29-21-22-30-24-26-41-44(42(30)35(29)27-31)34-15-6-9-20-40(34)47-41/h1-4,7-8,10-12,16,18-19,24,26-27,30,32-33,37-38,41-42,44H,5-6,9,13-15,17,20-23,25H2. The summed E-state index contributed by atoms with van der Waals surface area (Å²) in [6.45, 7) is 0. The lowest BCUT2D eigenvalue weighted by Gasteiger charge is -2.47. The third kappa shape index (κ3) is 4.73. The molecule has 3 heteroatoms. The van der Waals surface area contributed by atoms with Gasteiger partial charge in [-0.1, -0.05) is 77.9 Å². The zero-order chi connectivity index (χ0) is 30.9. The van der Waals surface area contributed by atoms with E-state index in [0.29, 0.717) is 40.9 Å². The molecule has 1 aromatic carbocycles. The van der Waals surface area contributed by atoms with Gasteiger partial charge in [-0.2, -0.15) is 0 Å². The van der Waals surface area contributed by atoms with Crippen LogP contribution in [-0.2, 0) is 4.74 Å². The van der Waals surface area contributed by atoms with E-state index >= 15 is 0 Å². The van der Waals surface area contributed by atoms with Crippen molar-refractivity contribution in [2.75, 3.05) is 0 Å². The summed E-state index contributed by atoms with van der Waals surface area (Å²) in [5, 5.41) is 0.651. The molecule has 0 radical (unpaired) electrons. The molecule has 2 heterocycles. The molecule has 8 unspecified atom stereocenters. The number of fused-ring (bicyclic) bond motifs is 7. The second kappa shape index (κ2) is 11.8. The van der Waals surface area contributed by atoms with E-state index in [1.165, 1.54) is 62.6 Å². The van der Waals surface area contributed by atoms with Crippen LogP contribution >= 0.6 is 11.8 Å². The molecular weight excluding hydrogens is 591 g/mol. The van der Waals surface area contributed by atoms with Gasteiger partial charge in [0.15, 0.2) is 0 Å². The first kappa shape index (κ1) is 28.8. The van der Waals surface area contributed by atoms with Crippen LogP contribution in [0.2, 0.25) is 0 Å². The molecule has 7 aliphatic carbocycles. The number of nitrogens with zero attached hydrogens (tertiary/aromatic N) is 1. The monoisotopic (exact) mass is 637 g/mol. The molecule has 2 aliphatic heterocycles. The third-order valence-electron chi connectivity index (χ3n) is 13.0. The molecule has 8 atom stereocenters. The minimum Gasteiger partial charge on any atom is -0.486 e. The smallest absolute Gasteiger partial charge is 0.124 e. The molecule has 0 N–H and O–H groups in total. The van der Waals surface area contributed by atoms with Crippen LogP contribution in [0.4, 0.5) is 0 Å². The fourth-order valence-electron chi connectivity index (χ4n) is 10.9. The van der Waals surface area contributed by atoms with Gasteiger partial charge in [-0.3, -0.25) is 0 Å². The fraction of sp³-hybridized carbons (Fsp3) is 0.455. The maximum atomic E-state index is 6.69. The maximum Gasteiger partial charge on any atom is 0.124 e. The highest BCUT2D eigenvalue weighted by Gasteiger charge is 2.49. The molecule has 0 fully saturated rings. The lowest BCUT2D eigenvalue weighted by molar-refractivity contribution is 0.152.